The number of thioether (sulfide) groups is 1. The van der Waals surface area contributed by atoms with Crippen LogP contribution in [0.4, 0.5) is 0 Å². The van der Waals surface area contributed by atoms with Gasteiger partial charge in [0.25, 0.3) is 0 Å². The third-order valence-electron chi connectivity index (χ3n) is 4.78. The Morgan fingerprint density at radius 2 is 2.04 bits per heavy atom. The van der Waals surface area contributed by atoms with E-state index >= 15 is 0 Å². The number of carbonyl (C=O) groups excluding carboxylic acids is 1. The highest BCUT2D eigenvalue weighted by molar-refractivity contribution is 7.98. The summed E-state index contributed by atoms with van der Waals surface area (Å²) in [4.78, 5) is 18.7. The van der Waals surface area contributed by atoms with Crippen molar-refractivity contribution in [2.24, 2.45) is 5.92 Å². The van der Waals surface area contributed by atoms with Crippen LogP contribution in [0.2, 0.25) is 0 Å². The number of hydrogen-bond donors (Lipinski definition) is 1. The molecule has 1 aromatic carbocycles. The first-order valence-electron chi connectivity index (χ1n) is 9.59. The highest BCUT2D eigenvalue weighted by Crippen LogP contribution is 2.25. The second-order valence-electron chi connectivity index (χ2n) is 7.74. The van der Waals surface area contributed by atoms with E-state index in [-0.39, 0.29) is 11.7 Å². The van der Waals surface area contributed by atoms with E-state index in [1.54, 1.807) is 36.9 Å². The quantitative estimate of drug-likeness (QED) is 0.439. The molecular formula is C23H27NO2S2. The van der Waals surface area contributed by atoms with Crippen LogP contribution in [0.3, 0.4) is 0 Å². The van der Waals surface area contributed by atoms with E-state index in [9.17, 15) is 9.90 Å². The Hall–Kier alpha value is -1.58. The van der Waals surface area contributed by atoms with Crippen LogP contribution in [0.15, 0.2) is 41.3 Å². The van der Waals surface area contributed by atoms with Gasteiger partial charge in [0, 0.05) is 34.3 Å². The first-order chi connectivity index (χ1) is 13.3. The van der Waals surface area contributed by atoms with Gasteiger partial charge in [-0.3, -0.25) is 9.69 Å². The van der Waals surface area contributed by atoms with Gasteiger partial charge in [0.1, 0.15) is 5.60 Å². The van der Waals surface area contributed by atoms with E-state index in [0.29, 0.717) is 0 Å². The summed E-state index contributed by atoms with van der Waals surface area (Å²) in [5, 5.41) is 9.74. The average Bonchev–Trinajstić information content (AvgIpc) is 3.13. The number of piperidine rings is 1. The Morgan fingerprint density at radius 1 is 1.29 bits per heavy atom. The number of nitrogens with zero attached hydrogens (tertiary/aromatic N) is 1. The number of carbonyl (C=O) groups is 1. The number of benzene rings is 1. The third kappa shape index (κ3) is 5.96. The number of likely N-dealkylation sites (tertiary alicyclic amines) is 1. The smallest absolute Gasteiger partial charge is 0.167 e. The molecule has 0 aliphatic carbocycles. The topological polar surface area (TPSA) is 40.5 Å². The minimum atomic E-state index is -0.974. The van der Waals surface area contributed by atoms with Crippen LogP contribution in [0.5, 0.6) is 0 Å². The predicted molar refractivity (Wildman–Crippen MR) is 118 cm³/mol. The van der Waals surface area contributed by atoms with E-state index in [4.69, 9.17) is 0 Å². The van der Waals surface area contributed by atoms with Crippen LogP contribution in [0.1, 0.15) is 46.8 Å². The maximum absolute atomic E-state index is 12.9. The molecule has 1 aliphatic rings. The standard InChI is InChI=1S/C23H27NO2S2/c1-23(2,26)13-12-20-10-11-21(28-20)16-24-14-4-5-18(15-24)22(25)17-6-8-19(27-3)9-7-17/h6-11,18,26H,4-5,14-16H2,1-3H3. The van der Waals surface area contributed by atoms with Gasteiger partial charge in [0.2, 0.25) is 0 Å². The maximum Gasteiger partial charge on any atom is 0.167 e. The van der Waals surface area contributed by atoms with Crippen molar-refractivity contribution in [3.8, 4) is 11.8 Å². The van der Waals surface area contributed by atoms with Gasteiger partial charge in [-0.1, -0.05) is 24.0 Å². The molecule has 1 N–H and O–H groups in total. The number of rotatable bonds is 5. The van der Waals surface area contributed by atoms with Crippen molar-refractivity contribution in [2.45, 2.75) is 43.7 Å². The fraction of sp³-hybridized carbons (Fsp3) is 0.435. The van der Waals surface area contributed by atoms with E-state index in [0.717, 1.165) is 42.9 Å². The summed E-state index contributed by atoms with van der Waals surface area (Å²) in [6, 6.07) is 12.1. The average molecular weight is 414 g/mol. The van der Waals surface area contributed by atoms with Crippen LogP contribution < -0.4 is 0 Å². The van der Waals surface area contributed by atoms with Crippen LogP contribution in [-0.4, -0.2) is 40.7 Å². The molecule has 2 aromatic rings. The molecule has 3 nitrogen and oxygen atoms in total. The molecule has 1 aliphatic heterocycles. The van der Waals surface area contributed by atoms with Gasteiger partial charge in [0.05, 0.1) is 4.88 Å². The number of ketones is 1. The summed E-state index contributed by atoms with van der Waals surface area (Å²) in [7, 11) is 0. The molecule has 1 fully saturated rings. The third-order valence-corrected chi connectivity index (χ3v) is 6.51. The molecule has 0 spiro atoms. The lowest BCUT2D eigenvalue weighted by Gasteiger charge is -2.31. The van der Waals surface area contributed by atoms with Crippen LogP contribution in [0.25, 0.3) is 0 Å². The van der Waals surface area contributed by atoms with Crippen molar-refractivity contribution < 1.29 is 9.90 Å². The SMILES string of the molecule is CSc1ccc(C(=O)C2CCCN(Cc3ccc(C#CC(C)(C)O)s3)C2)cc1. The number of thiophene rings is 1. The molecule has 0 radical (unpaired) electrons. The molecule has 2 heterocycles. The zero-order chi connectivity index (χ0) is 20.1. The summed E-state index contributed by atoms with van der Waals surface area (Å²) < 4.78 is 0. The van der Waals surface area contributed by atoms with E-state index < -0.39 is 5.60 Å². The van der Waals surface area contributed by atoms with E-state index in [1.807, 2.05) is 36.6 Å². The van der Waals surface area contributed by atoms with Crippen LogP contribution in [-0.2, 0) is 6.54 Å². The highest BCUT2D eigenvalue weighted by Gasteiger charge is 2.26. The first-order valence-corrected chi connectivity index (χ1v) is 11.6. The Bertz CT molecular complexity index is 868. The lowest BCUT2D eigenvalue weighted by Crippen LogP contribution is -2.38. The van der Waals surface area contributed by atoms with E-state index in [1.165, 1.54) is 9.77 Å². The minimum Gasteiger partial charge on any atom is -0.378 e. The van der Waals surface area contributed by atoms with Gasteiger partial charge in [-0.2, -0.15) is 0 Å². The summed E-state index contributed by atoms with van der Waals surface area (Å²) in [6.45, 7) is 6.07. The van der Waals surface area contributed by atoms with Crippen molar-refractivity contribution in [3.63, 3.8) is 0 Å². The number of aliphatic hydroxyl groups is 1. The van der Waals surface area contributed by atoms with Gasteiger partial charge in [-0.15, -0.1) is 23.1 Å². The maximum atomic E-state index is 12.9. The summed E-state index contributed by atoms with van der Waals surface area (Å²) in [6.07, 6.45) is 4.06. The summed E-state index contributed by atoms with van der Waals surface area (Å²) in [5.41, 5.74) is -0.150. The molecule has 5 heteroatoms. The second kappa shape index (κ2) is 9.28. The molecule has 0 saturated carbocycles. The monoisotopic (exact) mass is 413 g/mol. The Balaban J connectivity index is 1.61. The molecule has 1 unspecified atom stereocenters. The summed E-state index contributed by atoms with van der Waals surface area (Å²) >= 11 is 3.35. The zero-order valence-corrected chi connectivity index (χ0v) is 18.3. The molecule has 0 bridgehead atoms. The van der Waals surface area contributed by atoms with Crippen molar-refractivity contribution in [1.82, 2.24) is 4.90 Å². The van der Waals surface area contributed by atoms with Crippen molar-refractivity contribution >= 4 is 28.9 Å². The predicted octanol–water partition coefficient (Wildman–Crippen LogP) is 4.69. The minimum absolute atomic E-state index is 0.0725. The van der Waals surface area contributed by atoms with Gasteiger partial charge in [-0.25, -0.2) is 0 Å². The molecule has 0 amide bonds. The second-order valence-corrected chi connectivity index (χ2v) is 9.79. The van der Waals surface area contributed by atoms with Crippen molar-refractivity contribution in [1.29, 1.82) is 0 Å². The largest absolute Gasteiger partial charge is 0.378 e. The fourth-order valence-corrected chi connectivity index (χ4v) is 4.68. The normalized spacial score (nSPS) is 17.8. The van der Waals surface area contributed by atoms with Crippen LogP contribution >= 0.6 is 23.1 Å². The van der Waals surface area contributed by atoms with Crippen molar-refractivity contribution in [3.05, 3.63) is 51.7 Å². The molecular weight excluding hydrogens is 386 g/mol. The Kier molecular flexibility index (Phi) is 7.00. The van der Waals surface area contributed by atoms with Gasteiger partial charge < -0.3 is 5.11 Å². The zero-order valence-electron chi connectivity index (χ0n) is 16.7. The van der Waals surface area contributed by atoms with Gasteiger partial charge >= 0.3 is 0 Å². The Morgan fingerprint density at radius 3 is 2.71 bits per heavy atom. The molecule has 148 valence electrons. The molecule has 3 rings (SSSR count). The first kappa shape index (κ1) is 21.1. The van der Waals surface area contributed by atoms with Crippen LogP contribution in [0, 0.1) is 17.8 Å². The molecule has 1 atom stereocenters. The molecule has 1 saturated heterocycles. The molecule has 28 heavy (non-hydrogen) atoms. The number of hydrogen-bond acceptors (Lipinski definition) is 5. The lowest BCUT2D eigenvalue weighted by atomic mass is 9.90. The molecule has 1 aromatic heterocycles. The summed E-state index contributed by atoms with van der Waals surface area (Å²) in [5.74, 6) is 6.24. The highest BCUT2D eigenvalue weighted by atomic mass is 32.2. The lowest BCUT2D eigenvalue weighted by molar-refractivity contribution is 0.0812. The van der Waals surface area contributed by atoms with E-state index in [2.05, 4.69) is 22.8 Å². The Labute approximate surface area is 176 Å². The van der Waals surface area contributed by atoms with Gasteiger partial charge in [0.15, 0.2) is 5.78 Å². The van der Waals surface area contributed by atoms with Gasteiger partial charge in [-0.05, 0) is 63.8 Å². The fourth-order valence-electron chi connectivity index (χ4n) is 3.37. The van der Waals surface area contributed by atoms with Crippen molar-refractivity contribution in [2.75, 3.05) is 19.3 Å². The number of Topliss-reactive ketones (excluding diaryl/α,β-unsaturated/α-hetero) is 1.